The fourth-order valence-corrected chi connectivity index (χ4v) is 1.28. The molecule has 0 heterocycles. The van der Waals surface area contributed by atoms with E-state index in [4.69, 9.17) is 0 Å². The minimum absolute atomic E-state index is 0. The zero-order valence-corrected chi connectivity index (χ0v) is 21.8. The van der Waals surface area contributed by atoms with Gasteiger partial charge in [-0.25, -0.2) is 0 Å². The molecule has 0 radical (unpaired) electrons. The quantitative estimate of drug-likeness (QED) is 0.284. The predicted octanol–water partition coefficient (Wildman–Crippen LogP) is -0.296. The van der Waals surface area contributed by atoms with E-state index in [2.05, 4.69) is 0 Å². The molecule has 0 bridgehead atoms. The first-order valence-corrected chi connectivity index (χ1v) is 9.88. The summed E-state index contributed by atoms with van der Waals surface area (Å²) in [6.07, 6.45) is 7.47. The molecule has 0 spiro atoms. The Kier molecular flexibility index (Phi) is 45.3. The summed E-state index contributed by atoms with van der Waals surface area (Å²) in [6, 6.07) is 0. The van der Waals surface area contributed by atoms with Gasteiger partial charge >= 0.3 is 25.8 Å². The van der Waals surface area contributed by atoms with Gasteiger partial charge in [-0.3, -0.25) is 0 Å². The Balaban J connectivity index is -0.0000000873. The van der Waals surface area contributed by atoms with E-state index in [1.165, 1.54) is 0 Å². The number of carboxylic acids is 4. The van der Waals surface area contributed by atoms with Crippen LogP contribution in [0, 0.1) is 0 Å². The molecule has 0 aliphatic heterocycles. The van der Waals surface area contributed by atoms with Crippen molar-refractivity contribution in [2.45, 2.75) is 105 Å². The molecular formula is C20H36HfO8. The maximum absolute atomic E-state index is 9.65. The fourth-order valence-electron chi connectivity index (χ4n) is 1.28. The molecule has 8 nitrogen and oxygen atoms in total. The van der Waals surface area contributed by atoms with Crippen LogP contribution < -0.4 is 20.4 Å². The van der Waals surface area contributed by atoms with Crippen LogP contribution in [0.25, 0.3) is 0 Å². The van der Waals surface area contributed by atoms with Crippen LogP contribution in [0.1, 0.15) is 105 Å². The van der Waals surface area contributed by atoms with Crippen molar-refractivity contribution in [1.29, 1.82) is 0 Å². The van der Waals surface area contributed by atoms with E-state index in [1.54, 1.807) is 0 Å². The van der Waals surface area contributed by atoms with Crippen LogP contribution in [-0.2, 0) is 45.0 Å². The van der Waals surface area contributed by atoms with Crippen molar-refractivity contribution in [2.75, 3.05) is 0 Å². The molecule has 0 aromatic rings. The standard InChI is InChI=1S/4C5H10O2.Hf/c4*1-2-3-4-5(6)7;/h4*2-4H2,1H3,(H,6,7);/q;;;;+4/p-4. The van der Waals surface area contributed by atoms with Crippen LogP contribution in [0.4, 0.5) is 0 Å². The SMILES string of the molecule is CCCCC(=O)[O-].CCCCC(=O)[O-].CCCCC(=O)[O-].CCCCC(=O)[O-].[Hf+4]. The Hall–Kier alpha value is -1.25. The molecule has 0 aliphatic rings. The van der Waals surface area contributed by atoms with Crippen LogP contribution in [0.2, 0.25) is 0 Å². The van der Waals surface area contributed by atoms with Crippen molar-refractivity contribution in [3.05, 3.63) is 0 Å². The largest absolute Gasteiger partial charge is 4.00 e. The maximum atomic E-state index is 9.65. The number of rotatable bonds is 12. The first-order chi connectivity index (χ1) is 13.1. The van der Waals surface area contributed by atoms with Crippen LogP contribution in [0.3, 0.4) is 0 Å². The van der Waals surface area contributed by atoms with E-state index in [0.29, 0.717) is 0 Å². The summed E-state index contributed by atoms with van der Waals surface area (Å²) in [5.41, 5.74) is 0. The molecule has 0 aromatic carbocycles. The third-order valence-electron chi connectivity index (χ3n) is 2.94. The molecule has 0 fully saturated rings. The second kappa shape index (κ2) is 34.3. The van der Waals surface area contributed by atoms with Gasteiger partial charge in [0.05, 0.1) is 0 Å². The first-order valence-electron chi connectivity index (χ1n) is 9.88. The fraction of sp³-hybridized carbons (Fsp3) is 0.800. The summed E-state index contributed by atoms with van der Waals surface area (Å²) in [5, 5.41) is 38.6. The van der Waals surface area contributed by atoms with Crippen LogP contribution in [0.15, 0.2) is 0 Å². The summed E-state index contributed by atoms with van der Waals surface area (Å²) in [6.45, 7) is 7.79. The van der Waals surface area contributed by atoms with Gasteiger partial charge in [0.2, 0.25) is 0 Å². The second-order valence-corrected chi connectivity index (χ2v) is 5.90. The molecule has 0 aromatic heterocycles. The zero-order chi connectivity index (χ0) is 22.8. The van der Waals surface area contributed by atoms with E-state index in [-0.39, 0.29) is 51.5 Å². The van der Waals surface area contributed by atoms with Crippen molar-refractivity contribution in [3.8, 4) is 0 Å². The molecule has 29 heavy (non-hydrogen) atoms. The number of hydrogen-bond acceptors (Lipinski definition) is 8. The van der Waals surface area contributed by atoms with Gasteiger partial charge in [0.25, 0.3) is 0 Å². The monoisotopic (exact) mass is 584 g/mol. The molecular weight excluding hydrogens is 547 g/mol. The Labute approximate surface area is 193 Å². The molecule has 9 heteroatoms. The molecule has 0 amide bonds. The van der Waals surface area contributed by atoms with Gasteiger partial charge in [0, 0.05) is 23.9 Å². The minimum Gasteiger partial charge on any atom is -0.550 e. The van der Waals surface area contributed by atoms with Gasteiger partial charge in [-0.1, -0.05) is 53.4 Å². The normalized spacial score (nSPS) is 8.41. The third kappa shape index (κ3) is 75.3. The van der Waals surface area contributed by atoms with Gasteiger partial charge < -0.3 is 39.6 Å². The summed E-state index contributed by atoms with van der Waals surface area (Å²) in [7, 11) is 0. The van der Waals surface area contributed by atoms with E-state index in [0.717, 1.165) is 51.4 Å². The van der Waals surface area contributed by atoms with E-state index in [1.807, 2.05) is 27.7 Å². The predicted molar refractivity (Wildman–Crippen MR) is 98.1 cm³/mol. The Bertz CT molecular complexity index is 315. The summed E-state index contributed by atoms with van der Waals surface area (Å²) >= 11 is 0. The Morgan fingerprint density at radius 2 is 0.586 bits per heavy atom. The molecule has 0 aliphatic carbocycles. The summed E-state index contributed by atoms with van der Waals surface area (Å²) < 4.78 is 0. The maximum Gasteiger partial charge on any atom is 4.00 e. The minimum atomic E-state index is -0.943. The van der Waals surface area contributed by atoms with Crippen molar-refractivity contribution in [1.82, 2.24) is 0 Å². The Morgan fingerprint density at radius 1 is 0.448 bits per heavy atom. The first kappa shape index (κ1) is 38.4. The topological polar surface area (TPSA) is 161 Å². The number of carbonyl (C=O) groups excluding carboxylic acids is 4. The van der Waals surface area contributed by atoms with Gasteiger partial charge in [0.1, 0.15) is 0 Å². The third-order valence-corrected chi connectivity index (χ3v) is 2.94. The van der Waals surface area contributed by atoms with Gasteiger partial charge in [-0.2, -0.15) is 0 Å². The van der Waals surface area contributed by atoms with Crippen LogP contribution >= 0.6 is 0 Å². The molecule has 0 unspecified atom stereocenters. The smallest absolute Gasteiger partial charge is 0.550 e. The summed E-state index contributed by atoms with van der Waals surface area (Å²) in [5.74, 6) is -3.77. The number of carboxylic acid groups (broad SMARTS) is 4. The summed E-state index contributed by atoms with van der Waals surface area (Å²) in [4.78, 5) is 38.6. The van der Waals surface area contributed by atoms with Gasteiger partial charge in [0.15, 0.2) is 0 Å². The molecule has 0 saturated heterocycles. The van der Waals surface area contributed by atoms with Crippen LogP contribution in [0.5, 0.6) is 0 Å². The number of unbranched alkanes of at least 4 members (excludes halogenated alkanes) is 4. The molecule has 0 saturated carbocycles. The zero-order valence-electron chi connectivity index (χ0n) is 18.3. The van der Waals surface area contributed by atoms with E-state index in [9.17, 15) is 39.6 Å². The van der Waals surface area contributed by atoms with E-state index >= 15 is 0 Å². The van der Waals surface area contributed by atoms with Gasteiger partial charge in [-0.15, -0.1) is 0 Å². The molecule has 0 N–H and O–H groups in total. The molecule has 168 valence electrons. The van der Waals surface area contributed by atoms with Crippen LogP contribution in [-0.4, -0.2) is 23.9 Å². The second-order valence-electron chi connectivity index (χ2n) is 5.90. The van der Waals surface area contributed by atoms with Crippen molar-refractivity contribution < 1.29 is 65.4 Å². The average molecular weight is 583 g/mol. The van der Waals surface area contributed by atoms with E-state index < -0.39 is 23.9 Å². The van der Waals surface area contributed by atoms with Crippen molar-refractivity contribution >= 4 is 23.9 Å². The average Bonchev–Trinajstić information content (AvgIpc) is 2.62. The van der Waals surface area contributed by atoms with Crippen molar-refractivity contribution in [3.63, 3.8) is 0 Å². The molecule has 0 rings (SSSR count). The van der Waals surface area contributed by atoms with Crippen molar-refractivity contribution in [2.24, 2.45) is 0 Å². The number of carbonyl (C=O) groups is 4. The number of aliphatic carboxylic acids is 4. The van der Waals surface area contributed by atoms with Gasteiger partial charge in [-0.05, 0) is 51.4 Å². The molecule has 0 atom stereocenters. The Morgan fingerprint density at radius 3 is 0.621 bits per heavy atom. The number of hydrogen-bond donors (Lipinski definition) is 0.